The van der Waals surface area contributed by atoms with E-state index in [9.17, 15) is 4.79 Å². The van der Waals surface area contributed by atoms with Crippen LogP contribution in [-0.4, -0.2) is 23.3 Å². The summed E-state index contributed by atoms with van der Waals surface area (Å²) in [6.07, 6.45) is 1.17. The lowest BCUT2D eigenvalue weighted by Gasteiger charge is -2.05. The highest BCUT2D eigenvalue weighted by molar-refractivity contribution is 5.68. The molecule has 0 spiro atoms. The van der Waals surface area contributed by atoms with E-state index in [1.165, 1.54) is 13.3 Å². The van der Waals surface area contributed by atoms with Crippen molar-refractivity contribution in [3.8, 4) is 5.95 Å². The lowest BCUT2D eigenvalue weighted by molar-refractivity contribution is -0.137. The smallest absolute Gasteiger partial charge is 0.315 e. The van der Waals surface area contributed by atoms with Gasteiger partial charge in [-0.3, -0.25) is 4.79 Å². The zero-order chi connectivity index (χ0) is 9.84. The number of hydrogen-bond acceptors (Lipinski definition) is 5. The molecule has 13 heavy (non-hydrogen) atoms. The van der Waals surface area contributed by atoms with E-state index >= 15 is 0 Å². The highest BCUT2D eigenvalue weighted by Crippen LogP contribution is 2.24. The van der Waals surface area contributed by atoms with Gasteiger partial charge in [0.1, 0.15) is 0 Å². The van der Waals surface area contributed by atoms with Gasteiger partial charge < -0.3 is 20.1 Å². The number of aliphatic carboxylic acids is 1. The SMILES string of the molecule is COc1oncc1C(N)CC(=O)O. The van der Waals surface area contributed by atoms with Crippen LogP contribution < -0.4 is 10.5 Å². The van der Waals surface area contributed by atoms with Gasteiger partial charge in [0.2, 0.25) is 0 Å². The van der Waals surface area contributed by atoms with Crippen molar-refractivity contribution >= 4 is 5.97 Å². The summed E-state index contributed by atoms with van der Waals surface area (Å²) >= 11 is 0. The van der Waals surface area contributed by atoms with E-state index in [0.29, 0.717) is 5.56 Å². The second-order valence-electron chi connectivity index (χ2n) is 2.48. The average molecular weight is 186 g/mol. The molecule has 0 aromatic carbocycles. The second kappa shape index (κ2) is 3.90. The molecular formula is C7H10N2O4. The molecule has 0 saturated heterocycles. The van der Waals surface area contributed by atoms with Crippen molar-refractivity contribution in [2.75, 3.05) is 7.11 Å². The van der Waals surface area contributed by atoms with E-state index in [-0.39, 0.29) is 12.4 Å². The fourth-order valence-electron chi connectivity index (χ4n) is 0.937. The predicted molar refractivity (Wildman–Crippen MR) is 42.2 cm³/mol. The van der Waals surface area contributed by atoms with Crippen LogP contribution in [0.4, 0.5) is 0 Å². The molecule has 0 aliphatic rings. The first-order chi connectivity index (χ1) is 6.15. The largest absolute Gasteiger partial charge is 0.481 e. The first-order valence-corrected chi connectivity index (χ1v) is 3.61. The van der Waals surface area contributed by atoms with E-state index < -0.39 is 12.0 Å². The summed E-state index contributed by atoms with van der Waals surface area (Å²) in [6.45, 7) is 0. The number of carboxylic acids is 1. The van der Waals surface area contributed by atoms with Crippen LogP contribution >= 0.6 is 0 Å². The van der Waals surface area contributed by atoms with Crippen LogP contribution in [0.1, 0.15) is 18.0 Å². The van der Waals surface area contributed by atoms with Crippen LogP contribution in [-0.2, 0) is 4.79 Å². The third kappa shape index (κ3) is 2.19. The van der Waals surface area contributed by atoms with Crippen molar-refractivity contribution in [2.24, 2.45) is 5.73 Å². The molecule has 0 aliphatic heterocycles. The number of methoxy groups -OCH3 is 1. The molecule has 6 nitrogen and oxygen atoms in total. The maximum Gasteiger partial charge on any atom is 0.315 e. The minimum atomic E-state index is -0.976. The summed E-state index contributed by atoms with van der Waals surface area (Å²) in [5.74, 6) is -0.815. The zero-order valence-corrected chi connectivity index (χ0v) is 7.06. The number of nitrogens with zero attached hydrogens (tertiary/aromatic N) is 1. The molecule has 0 saturated carbocycles. The molecule has 1 unspecified atom stereocenters. The van der Waals surface area contributed by atoms with Crippen molar-refractivity contribution in [2.45, 2.75) is 12.5 Å². The molecule has 72 valence electrons. The Labute approximate surface area is 74.3 Å². The summed E-state index contributed by atoms with van der Waals surface area (Å²) in [5, 5.41) is 11.9. The van der Waals surface area contributed by atoms with Gasteiger partial charge in [-0.2, -0.15) is 0 Å². The molecular weight excluding hydrogens is 176 g/mol. The van der Waals surface area contributed by atoms with Crippen molar-refractivity contribution in [3.05, 3.63) is 11.8 Å². The quantitative estimate of drug-likeness (QED) is 0.694. The topological polar surface area (TPSA) is 98.6 Å². The molecule has 3 N–H and O–H groups in total. The van der Waals surface area contributed by atoms with E-state index in [2.05, 4.69) is 9.68 Å². The molecule has 6 heteroatoms. The van der Waals surface area contributed by atoms with Crippen LogP contribution in [0, 0.1) is 0 Å². The van der Waals surface area contributed by atoms with Gasteiger partial charge in [-0.15, -0.1) is 0 Å². The number of ether oxygens (including phenoxy) is 1. The molecule has 1 aromatic rings. The number of carboxylic acid groups (broad SMARTS) is 1. The monoisotopic (exact) mass is 186 g/mol. The molecule has 0 amide bonds. The van der Waals surface area contributed by atoms with Gasteiger partial charge in [-0.1, -0.05) is 5.16 Å². The van der Waals surface area contributed by atoms with Gasteiger partial charge in [-0.25, -0.2) is 0 Å². The van der Waals surface area contributed by atoms with E-state index in [1.54, 1.807) is 0 Å². The first-order valence-electron chi connectivity index (χ1n) is 3.61. The fraction of sp³-hybridized carbons (Fsp3) is 0.429. The Bertz CT molecular complexity index is 296. The van der Waals surface area contributed by atoms with Crippen LogP contribution in [0.25, 0.3) is 0 Å². The average Bonchev–Trinajstić information content (AvgIpc) is 2.49. The highest BCUT2D eigenvalue weighted by Gasteiger charge is 2.18. The standard InChI is InChI=1S/C7H10N2O4/c1-12-7-4(3-9-13-7)5(8)2-6(10)11/h3,5H,2,8H2,1H3,(H,10,11). The normalized spacial score (nSPS) is 12.5. The predicted octanol–water partition coefficient (Wildman–Crippen LogP) is 0.158. The van der Waals surface area contributed by atoms with E-state index in [0.717, 1.165) is 0 Å². The summed E-state index contributed by atoms with van der Waals surface area (Å²) < 4.78 is 9.46. The van der Waals surface area contributed by atoms with Gasteiger partial charge in [0.05, 0.1) is 25.3 Å². The molecule has 1 heterocycles. The summed E-state index contributed by atoms with van der Waals surface area (Å²) in [6, 6.07) is -0.654. The molecule has 1 atom stereocenters. The highest BCUT2D eigenvalue weighted by atomic mass is 16.6. The summed E-state index contributed by atoms with van der Waals surface area (Å²) in [5.41, 5.74) is 6.02. The molecule has 0 fully saturated rings. The van der Waals surface area contributed by atoms with Gasteiger partial charge in [-0.05, 0) is 0 Å². The minimum Gasteiger partial charge on any atom is -0.481 e. The van der Waals surface area contributed by atoms with E-state index in [4.69, 9.17) is 15.6 Å². The molecule has 0 bridgehead atoms. The Hall–Kier alpha value is -1.56. The van der Waals surface area contributed by atoms with Crippen molar-refractivity contribution < 1.29 is 19.2 Å². The van der Waals surface area contributed by atoms with Crippen molar-refractivity contribution in [3.63, 3.8) is 0 Å². The second-order valence-corrected chi connectivity index (χ2v) is 2.48. The maximum absolute atomic E-state index is 10.3. The Morgan fingerprint density at radius 1 is 1.92 bits per heavy atom. The number of rotatable bonds is 4. The fourth-order valence-corrected chi connectivity index (χ4v) is 0.937. The first kappa shape index (κ1) is 9.53. The van der Waals surface area contributed by atoms with Gasteiger partial charge in [0.25, 0.3) is 0 Å². The summed E-state index contributed by atoms with van der Waals surface area (Å²) in [7, 11) is 1.40. The minimum absolute atomic E-state index is 0.161. The third-order valence-corrected chi connectivity index (χ3v) is 1.54. The van der Waals surface area contributed by atoms with Crippen LogP contribution in [0.2, 0.25) is 0 Å². The Kier molecular flexibility index (Phi) is 2.86. The molecule has 0 radical (unpaired) electrons. The van der Waals surface area contributed by atoms with Crippen LogP contribution in [0.15, 0.2) is 10.7 Å². The number of nitrogens with two attached hydrogens (primary N) is 1. The number of hydrogen-bond donors (Lipinski definition) is 2. The third-order valence-electron chi connectivity index (χ3n) is 1.54. The maximum atomic E-state index is 10.3. The molecule has 1 aromatic heterocycles. The Morgan fingerprint density at radius 2 is 2.62 bits per heavy atom. The Balaban J connectivity index is 2.75. The molecule has 1 rings (SSSR count). The Morgan fingerprint density at radius 3 is 3.15 bits per heavy atom. The number of aromatic nitrogens is 1. The van der Waals surface area contributed by atoms with Crippen molar-refractivity contribution in [1.29, 1.82) is 0 Å². The van der Waals surface area contributed by atoms with Crippen molar-refractivity contribution in [1.82, 2.24) is 5.16 Å². The van der Waals surface area contributed by atoms with Gasteiger partial charge in [0.15, 0.2) is 0 Å². The van der Waals surface area contributed by atoms with E-state index in [1.807, 2.05) is 0 Å². The van der Waals surface area contributed by atoms with Crippen LogP contribution in [0.5, 0.6) is 5.95 Å². The lowest BCUT2D eigenvalue weighted by atomic mass is 10.1. The van der Waals surface area contributed by atoms with Gasteiger partial charge >= 0.3 is 11.9 Å². The summed E-state index contributed by atoms with van der Waals surface area (Å²) in [4.78, 5) is 10.3. The lowest BCUT2D eigenvalue weighted by Crippen LogP contribution is -2.14. The molecule has 0 aliphatic carbocycles. The zero-order valence-electron chi connectivity index (χ0n) is 7.06. The number of carbonyl (C=O) groups is 1. The van der Waals surface area contributed by atoms with Gasteiger partial charge in [0, 0.05) is 6.04 Å². The van der Waals surface area contributed by atoms with Crippen LogP contribution in [0.3, 0.4) is 0 Å².